The third-order valence-electron chi connectivity index (χ3n) is 6.93. The van der Waals surface area contributed by atoms with Crippen molar-refractivity contribution >= 4 is 0 Å². The first-order chi connectivity index (χ1) is 9.82. The highest BCUT2D eigenvalue weighted by molar-refractivity contribution is 5.15. The highest BCUT2D eigenvalue weighted by atomic mass is 16.5. The van der Waals surface area contributed by atoms with Crippen LogP contribution in [0.5, 0.6) is 0 Å². The average Bonchev–Trinajstić information content (AvgIpc) is 2.48. The van der Waals surface area contributed by atoms with Gasteiger partial charge in [-0.3, -0.25) is 0 Å². The van der Waals surface area contributed by atoms with E-state index in [4.69, 9.17) is 10.5 Å². The molecule has 1 saturated carbocycles. The number of rotatable bonds is 6. The normalized spacial score (nSPS) is 35.4. The monoisotopic (exact) mass is 296 g/mol. The zero-order valence-electron chi connectivity index (χ0n) is 14.9. The molecule has 21 heavy (non-hydrogen) atoms. The summed E-state index contributed by atoms with van der Waals surface area (Å²) in [5, 5.41) is 0. The molecule has 3 nitrogen and oxygen atoms in total. The van der Waals surface area contributed by atoms with Gasteiger partial charge < -0.3 is 15.4 Å². The average molecular weight is 296 g/mol. The first-order valence-corrected chi connectivity index (χ1v) is 8.95. The molecule has 1 aliphatic carbocycles. The molecule has 0 radical (unpaired) electrons. The predicted molar refractivity (Wildman–Crippen MR) is 89.4 cm³/mol. The quantitative estimate of drug-likeness (QED) is 0.816. The van der Waals surface area contributed by atoms with Crippen molar-refractivity contribution in [3.63, 3.8) is 0 Å². The van der Waals surface area contributed by atoms with Gasteiger partial charge in [0.15, 0.2) is 0 Å². The molecule has 1 aliphatic heterocycles. The van der Waals surface area contributed by atoms with Crippen molar-refractivity contribution in [1.82, 2.24) is 4.90 Å². The van der Waals surface area contributed by atoms with Crippen LogP contribution < -0.4 is 5.73 Å². The molecule has 2 unspecified atom stereocenters. The second kappa shape index (κ2) is 6.17. The van der Waals surface area contributed by atoms with Crippen LogP contribution in [0.1, 0.15) is 66.7 Å². The molecule has 2 N–H and O–H groups in total. The van der Waals surface area contributed by atoms with Crippen LogP contribution in [-0.2, 0) is 4.74 Å². The van der Waals surface area contributed by atoms with Gasteiger partial charge in [-0.15, -0.1) is 0 Å². The molecule has 2 aliphatic rings. The van der Waals surface area contributed by atoms with Crippen LogP contribution in [0.25, 0.3) is 0 Å². The van der Waals surface area contributed by atoms with E-state index in [0.717, 1.165) is 19.6 Å². The maximum Gasteiger partial charge on any atom is 0.0662 e. The third-order valence-corrected chi connectivity index (χ3v) is 6.93. The summed E-state index contributed by atoms with van der Waals surface area (Å²) < 4.78 is 5.85. The lowest BCUT2D eigenvalue weighted by Crippen LogP contribution is -2.73. The Morgan fingerprint density at radius 3 is 2.10 bits per heavy atom. The number of ether oxygens (including phenoxy) is 1. The lowest BCUT2D eigenvalue weighted by molar-refractivity contribution is -0.158. The van der Waals surface area contributed by atoms with E-state index in [-0.39, 0.29) is 11.0 Å². The second-order valence-corrected chi connectivity index (χ2v) is 8.01. The van der Waals surface area contributed by atoms with Crippen molar-refractivity contribution in [3.05, 3.63) is 0 Å². The molecule has 2 rings (SSSR count). The number of nitrogens with zero attached hydrogens (tertiary/aromatic N) is 1. The van der Waals surface area contributed by atoms with E-state index in [9.17, 15) is 0 Å². The summed E-state index contributed by atoms with van der Waals surface area (Å²) in [6, 6.07) is 0. The minimum Gasteiger partial charge on any atom is -0.378 e. The van der Waals surface area contributed by atoms with Gasteiger partial charge in [-0.05, 0) is 44.7 Å². The first-order valence-electron chi connectivity index (χ1n) is 8.95. The molecular weight excluding hydrogens is 260 g/mol. The maximum atomic E-state index is 6.74. The van der Waals surface area contributed by atoms with E-state index in [2.05, 4.69) is 39.5 Å². The Bertz CT molecular complexity index is 341. The minimum atomic E-state index is -0.0781. The highest BCUT2D eigenvalue weighted by Crippen LogP contribution is 2.50. The molecule has 2 atom stereocenters. The maximum absolute atomic E-state index is 6.74. The molecule has 0 aromatic carbocycles. The number of nitrogens with two attached hydrogens (primary N) is 1. The minimum absolute atomic E-state index is 0.0781. The van der Waals surface area contributed by atoms with E-state index < -0.39 is 0 Å². The molecule has 0 bridgehead atoms. The SMILES string of the molecule is CCOC1CC(N)(CN2CCC(CC)(CC)CC2)C1(C)C. The Balaban J connectivity index is 1.89. The van der Waals surface area contributed by atoms with Crippen LogP contribution >= 0.6 is 0 Å². The predicted octanol–water partition coefficient (Wildman–Crippen LogP) is 3.42. The summed E-state index contributed by atoms with van der Waals surface area (Å²) in [7, 11) is 0. The largest absolute Gasteiger partial charge is 0.378 e. The third kappa shape index (κ3) is 3.02. The highest BCUT2D eigenvalue weighted by Gasteiger charge is 2.58. The van der Waals surface area contributed by atoms with Crippen LogP contribution in [0.2, 0.25) is 0 Å². The van der Waals surface area contributed by atoms with Gasteiger partial charge in [0, 0.05) is 24.1 Å². The molecule has 2 fully saturated rings. The standard InChI is InChI=1S/C18H36N2O/c1-6-17(7-2)9-11-20(12-10-17)14-18(19)13-15(21-8-3)16(18,4)5/h15H,6-14,19H2,1-5H3. The lowest BCUT2D eigenvalue weighted by Gasteiger charge is -2.61. The molecule has 124 valence electrons. The zero-order valence-corrected chi connectivity index (χ0v) is 14.9. The number of hydrogen-bond donors (Lipinski definition) is 1. The van der Waals surface area contributed by atoms with Crippen molar-refractivity contribution in [2.75, 3.05) is 26.2 Å². The molecule has 3 heteroatoms. The summed E-state index contributed by atoms with van der Waals surface area (Å²) in [4.78, 5) is 2.60. The molecule has 0 aromatic rings. The van der Waals surface area contributed by atoms with Crippen LogP contribution in [0.15, 0.2) is 0 Å². The number of hydrogen-bond acceptors (Lipinski definition) is 3. The van der Waals surface area contributed by atoms with Crippen molar-refractivity contribution in [2.24, 2.45) is 16.6 Å². The Morgan fingerprint density at radius 1 is 1.10 bits per heavy atom. The van der Waals surface area contributed by atoms with E-state index >= 15 is 0 Å². The molecule has 1 saturated heterocycles. The Labute approximate surface area is 131 Å². The van der Waals surface area contributed by atoms with E-state index in [1.807, 2.05) is 0 Å². The van der Waals surface area contributed by atoms with Gasteiger partial charge in [-0.1, -0.05) is 40.5 Å². The lowest BCUT2D eigenvalue weighted by atomic mass is 9.54. The van der Waals surface area contributed by atoms with Crippen LogP contribution in [-0.4, -0.2) is 42.8 Å². The fraction of sp³-hybridized carbons (Fsp3) is 1.00. The Hall–Kier alpha value is -0.120. The van der Waals surface area contributed by atoms with Gasteiger partial charge in [0.05, 0.1) is 6.10 Å². The van der Waals surface area contributed by atoms with Crippen LogP contribution in [0, 0.1) is 10.8 Å². The summed E-state index contributed by atoms with van der Waals surface area (Å²) in [6.45, 7) is 15.6. The van der Waals surface area contributed by atoms with Gasteiger partial charge in [-0.2, -0.15) is 0 Å². The topological polar surface area (TPSA) is 38.5 Å². The van der Waals surface area contributed by atoms with E-state index in [1.165, 1.54) is 38.8 Å². The summed E-state index contributed by atoms with van der Waals surface area (Å²) >= 11 is 0. The summed E-state index contributed by atoms with van der Waals surface area (Å²) in [6.07, 6.45) is 6.67. The van der Waals surface area contributed by atoms with Gasteiger partial charge in [0.1, 0.15) is 0 Å². The second-order valence-electron chi connectivity index (χ2n) is 8.01. The molecule has 1 heterocycles. The molecular formula is C18H36N2O. The van der Waals surface area contributed by atoms with Crippen molar-refractivity contribution in [1.29, 1.82) is 0 Å². The molecule has 0 amide bonds. The van der Waals surface area contributed by atoms with Crippen LogP contribution in [0.4, 0.5) is 0 Å². The Morgan fingerprint density at radius 2 is 1.67 bits per heavy atom. The first kappa shape index (κ1) is 17.2. The van der Waals surface area contributed by atoms with Gasteiger partial charge in [0.25, 0.3) is 0 Å². The van der Waals surface area contributed by atoms with E-state index in [1.54, 1.807) is 0 Å². The molecule has 0 aromatic heterocycles. The fourth-order valence-electron chi connectivity index (χ4n) is 4.32. The Kier molecular flexibility index (Phi) is 5.07. The fourth-order valence-corrected chi connectivity index (χ4v) is 4.32. The van der Waals surface area contributed by atoms with Gasteiger partial charge >= 0.3 is 0 Å². The summed E-state index contributed by atoms with van der Waals surface area (Å²) in [5.74, 6) is 0. The van der Waals surface area contributed by atoms with Gasteiger partial charge in [0.2, 0.25) is 0 Å². The molecule has 0 spiro atoms. The van der Waals surface area contributed by atoms with Crippen molar-refractivity contribution in [3.8, 4) is 0 Å². The van der Waals surface area contributed by atoms with Crippen molar-refractivity contribution < 1.29 is 4.74 Å². The van der Waals surface area contributed by atoms with Gasteiger partial charge in [-0.25, -0.2) is 0 Å². The number of likely N-dealkylation sites (tertiary alicyclic amines) is 1. The van der Waals surface area contributed by atoms with E-state index in [0.29, 0.717) is 11.5 Å². The zero-order chi connectivity index (χ0) is 15.7. The van der Waals surface area contributed by atoms with Crippen LogP contribution in [0.3, 0.4) is 0 Å². The van der Waals surface area contributed by atoms with Crippen molar-refractivity contribution in [2.45, 2.75) is 78.4 Å². The number of piperidine rings is 1. The summed E-state index contributed by atoms with van der Waals surface area (Å²) in [5.41, 5.74) is 7.35. The smallest absolute Gasteiger partial charge is 0.0662 e.